The predicted octanol–water partition coefficient (Wildman–Crippen LogP) is 6.69. The van der Waals surface area contributed by atoms with E-state index in [1.54, 1.807) is 6.08 Å². The zero-order valence-corrected chi connectivity index (χ0v) is 15.2. The fourth-order valence-corrected chi connectivity index (χ4v) is 2.53. The third-order valence-electron chi connectivity index (χ3n) is 3.96. The molecule has 0 saturated heterocycles. The summed E-state index contributed by atoms with van der Waals surface area (Å²) < 4.78 is 0. The van der Waals surface area contributed by atoms with Gasteiger partial charge in [0.15, 0.2) is 0 Å². The van der Waals surface area contributed by atoms with E-state index in [-0.39, 0.29) is 5.92 Å². The molecule has 0 spiro atoms. The van der Waals surface area contributed by atoms with Crippen LogP contribution in [0.4, 0.5) is 0 Å². The van der Waals surface area contributed by atoms with Gasteiger partial charge in [0.25, 0.3) is 0 Å². The van der Waals surface area contributed by atoms with Gasteiger partial charge in [-0.15, -0.1) is 0 Å². The SMILES string of the molecule is CC=CC(CCCCCC/C=C\C/C=C\CCCCC)C(=O)O. The number of carboxylic acid groups (broad SMARTS) is 1. The van der Waals surface area contributed by atoms with Gasteiger partial charge in [-0.05, 0) is 45.4 Å². The van der Waals surface area contributed by atoms with Crippen molar-refractivity contribution < 1.29 is 9.90 Å². The molecule has 0 aromatic heterocycles. The summed E-state index contributed by atoms with van der Waals surface area (Å²) in [6.45, 7) is 4.11. The quantitative estimate of drug-likeness (QED) is 0.270. The largest absolute Gasteiger partial charge is 0.481 e. The van der Waals surface area contributed by atoms with Gasteiger partial charge < -0.3 is 5.11 Å². The Morgan fingerprint density at radius 3 is 2.09 bits per heavy atom. The monoisotopic (exact) mass is 320 g/mol. The number of allylic oxidation sites excluding steroid dienone is 5. The fourth-order valence-electron chi connectivity index (χ4n) is 2.53. The van der Waals surface area contributed by atoms with Gasteiger partial charge in [-0.3, -0.25) is 4.79 Å². The Morgan fingerprint density at radius 1 is 0.913 bits per heavy atom. The molecule has 0 aromatic rings. The zero-order valence-electron chi connectivity index (χ0n) is 15.2. The topological polar surface area (TPSA) is 37.3 Å². The lowest BCUT2D eigenvalue weighted by atomic mass is 10.00. The van der Waals surface area contributed by atoms with Crippen molar-refractivity contribution >= 4 is 5.97 Å². The Kier molecular flexibility index (Phi) is 16.1. The lowest BCUT2D eigenvalue weighted by Gasteiger charge is -2.06. The standard InChI is InChI=1S/C21H36O2/c1-3-5-6-7-8-9-10-11-12-13-14-15-16-17-19-20(18-4-2)21(22)23/h4,8-9,11-12,18,20H,3,5-7,10,13-17,19H2,1-2H3,(H,22,23)/b9-8-,12-11-,18-4?. The van der Waals surface area contributed by atoms with Gasteiger partial charge in [-0.25, -0.2) is 0 Å². The van der Waals surface area contributed by atoms with Crippen LogP contribution in [0.1, 0.15) is 84.5 Å². The molecule has 0 heterocycles. The number of aliphatic carboxylic acids is 1. The van der Waals surface area contributed by atoms with E-state index in [0.717, 1.165) is 32.1 Å². The van der Waals surface area contributed by atoms with Crippen LogP contribution >= 0.6 is 0 Å². The first-order valence-corrected chi connectivity index (χ1v) is 9.38. The van der Waals surface area contributed by atoms with Crippen molar-refractivity contribution in [2.24, 2.45) is 5.92 Å². The molecule has 0 radical (unpaired) electrons. The van der Waals surface area contributed by atoms with Gasteiger partial charge in [0, 0.05) is 0 Å². The van der Waals surface area contributed by atoms with Crippen molar-refractivity contribution in [2.75, 3.05) is 0 Å². The molecule has 1 N–H and O–H groups in total. The molecule has 0 fully saturated rings. The van der Waals surface area contributed by atoms with E-state index in [1.807, 2.05) is 13.0 Å². The van der Waals surface area contributed by atoms with E-state index in [9.17, 15) is 4.79 Å². The predicted molar refractivity (Wildman–Crippen MR) is 101 cm³/mol. The second-order valence-corrected chi connectivity index (χ2v) is 6.14. The number of hydrogen-bond donors (Lipinski definition) is 1. The molecule has 0 rings (SSSR count). The summed E-state index contributed by atoms with van der Waals surface area (Å²) in [5, 5.41) is 9.04. The molecule has 2 heteroatoms. The van der Waals surface area contributed by atoms with Crippen LogP contribution in [-0.4, -0.2) is 11.1 Å². The average molecular weight is 321 g/mol. The smallest absolute Gasteiger partial charge is 0.310 e. The Hall–Kier alpha value is -1.31. The average Bonchev–Trinajstić information content (AvgIpc) is 2.54. The number of unbranched alkanes of at least 4 members (excludes halogenated alkanes) is 7. The first-order valence-electron chi connectivity index (χ1n) is 9.38. The molecule has 2 nitrogen and oxygen atoms in total. The van der Waals surface area contributed by atoms with Gasteiger partial charge in [0.2, 0.25) is 0 Å². The minimum Gasteiger partial charge on any atom is -0.481 e. The minimum atomic E-state index is -0.700. The summed E-state index contributed by atoms with van der Waals surface area (Å²) in [4.78, 5) is 11.0. The van der Waals surface area contributed by atoms with Gasteiger partial charge in [0.1, 0.15) is 0 Å². The molecular formula is C21H36O2. The zero-order chi connectivity index (χ0) is 17.2. The van der Waals surface area contributed by atoms with Crippen LogP contribution in [0.25, 0.3) is 0 Å². The highest BCUT2D eigenvalue weighted by atomic mass is 16.4. The lowest BCUT2D eigenvalue weighted by Crippen LogP contribution is -2.10. The first-order chi connectivity index (χ1) is 11.2. The number of rotatable bonds is 15. The molecular weight excluding hydrogens is 284 g/mol. The van der Waals surface area contributed by atoms with E-state index in [2.05, 4.69) is 31.2 Å². The Labute approximate surface area is 143 Å². The van der Waals surface area contributed by atoms with Crippen LogP contribution in [0, 0.1) is 5.92 Å². The summed E-state index contributed by atoms with van der Waals surface area (Å²) in [6.07, 6.45) is 25.4. The number of carboxylic acids is 1. The van der Waals surface area contributed by atoms with Gasteiger partial charge in [0.05, 0.1) is 5.92 Å². The molecule has 0 aliphatic carbocycles. The molecule has 132 valence electrons. The Bertz CT molecular complexity index is 353. The van der Waals surface area contributed by atoms with E-state index in [1.165, 1.54) is 38.5 Å². The Morgan fingerprint density at radius 2 is 1.52 bits per heavy atom. The highest BCUT2D eigenvalue weighted by molar-refractivity contribution is 5.71. The molecule has 0 aliphatic rings. The van der Waals surface area contributed by atoms with E-state index in [0.29, 0.717) is 0 Å². The maximum Gasteiger partial charge on any atom is 0.310 e. The van der Waals surface area contributed by atoms with Crippen LogP contribution in [-0.2, 0) is 4.79 Å². The van der Waals surface area contributed by atoms with E-state index in [4.69, 9.17) is 5.11 Å². The van der Waals surface area contributed by atoms with Crippen LogP contribution in [0.15, 0.2) is 36.5 Å². The van der Waals surface area contributed by atoms with E-state index < -0.39 is 5.97 Å². The Balaban J connectivity index is 3.44. The summed E-state index contributed by atoms with van der Waals surface area (Å²) >= 11 is 0. The third-order valence-corrected chi connectivity index (χ3v) is 3.96. The molecule has 0 bridgehead atoms. The molecule has 1 unspecified atom stereocenters. The highest BCUT2D eigenvalue weighted by Gasteiger charge is 2.12. The van der Waals surface area contributed by atoms with Gasteiger partial charge >= 0.3 is 5.97 Å². The lowest BCUT2D eigenvalue weighted by molar-refractivity contribution is -0.140. The van der Waals surface area contributed by atoms with Gasteiger partial charge in [-0.2, -0.15) is 0 Å². The van der Waals surface area contributed by atoms with Gasteiger partial charge in [-0.1, -0.05) is 75.5 Å². The van der Waals surface area contributed by atoms with Crippen LogP contribution < -0.4 is 0 Å². The van der Waals surface area contributed by atoms with Crippen LogP contribution in [0.2, 0.25) is 0 Å². The van der Waals surface area contributed by atoms with Crippen molar-refractivity contribution in [3.05, 3.63) is 36.5 Å². The minimum absolute atomic E-state index is 0.302. The van der Waals surface area contributed by atoms with Crippen LogP contribution in [0.5, 0.6) is 0 Å². The normalized spacial score (nSPS) is 13.5. The molecule has 0 amide bonds. The van der Waals surface area contributed by atoms with Crippen molar-refractivity contribution in [1.29, 1.82) is 0 Å². The fraction of sp³-hybridized carbons (Fsp3) is 0.667. The summed E-state index contributed by atoms with van der Waals surface area (Å²) in [5.74, 6) is -1.00. The third kappa shape index (κ3) is 15.4. The molecule has 1 atom stereocenters. The molecule has 0 aromatic carbocycles. The summed E-state index contributed by atoms with van der Waals surface area (Å²) in [6, 6.07) is 0. The molecule has 23 heavy (non-hydrogen) atoms. The van der Waals surface area contributed by atoms with Crippen molar-refractivity contribution in [3.8, 4) is 0 Å². The van der Waals surface area contributed by atoms with Crippen molar-refractivity contribution in [2.45, 2.75) is 84.5 Å². The van der Waals surface area contributed by atoms with Crippen molar-refractivity contribution in [3.63, 3.8) is 0 Å². The summed E-state index contributed by atoms with van der Waals surface area (Å²) in [5.41, 5.74) is 0. The maximum atomic E-state index is 11.0. The molecule has 0 aliphatic heterocycles. The summed E-state index contributed by atoms with van der Waals surface area (Å²) in [7, 11) is 0. The second-order valence-electron chi connectivity index (χ2n) is 6.14. The molecule has 0 saturated carbocycles. The number of carbonyl (C=O) groups is 1. The number of hydrogen-bond acceptors (Lipinski definition) is 1. The van der Waals surface area contributed by atoms with E-state index >= 15 is 0 Å². The highest BCUT2D eigenvalue weighted by Crippen LogP contribution is 2.13. The van der Waals surface area contributed by atoms with Crippen molar-refractivity contribution in [1.82, 2.24) is 0 Å². The maximum absolute atomic E-state index is 11.0. The first kappa shape index (κ1) is 21.7. The van der Waals surface area contributed by atoms with Crippen LogP contribution in [0.3, 0.4) is 0 Å². The second kappa shape index (κ2) is 17.1.